The van der Waals surface area contributed by atoms with Gasteiger partial charge in [-0.15, -0.1) is 0 Å². The van der Waals surface area contributed by atoms with Crippen LogP contribution in [0.25, 0.3) is 12.2 Å². The summed E-state index contributed by atoms with van der Waals surface area (Å²) in [7, 11) is 0. The Kier molecular flexibility index (Phi) is 11.4. The first-order chi connectivity index (χ1) is 12.1. The van der Waals surface area contributed by atoms with Gasteiger partial charge in [0.15, 0.2) is 0 Å². The Balaban J connectivity index is 0.00000134. The van der Waals surface area contributed by atoms with Gasteiger partial charge in [-0.2, -0.15) is 0 Å². The molecule has 0 unspecified atom stereocenters. The van der Waals surface area contributed by atoms with Crippen LogP contribution < -0.4 is 5.32 Å². The number of aromatic amines is 1. The molecule has 0 spiro atoms. The predicted octanol–water partition coefficient (Wildman–Crippen LogP) is 6.01. The van der Waals surface area contributed by atoms with Crippen molar-refractivity contribution >= 4 is 29.6 Å². The number of carbonyl (C=O) groups excluding carboxylic acids is 1. The van der Waals surface area contributed by atoms with E-state index in [9.17, 15) is 4.79 Å². The van der Waals surface area contributed by atoms with Gasteiger partial charge in [0.25, 0.3) is 0 Å². The minimum absolute atomic E-state index is 0.161. The number of aromatic nitrogens is 2. The maximum absolute atomic E-state index is 11.1. The summed E-state index contributed by atoms with van der Waals surface area (Å²) < 4.78 is 0. The average Bonchev–Trinajstić information content (AvgIpc) is 3.01. The minimum Gasteiger partial charge on any atom is -0.326 e. The predicted molar refractivity (Wildman–Crippen MR) is 110 cm³/mol. The molecule has 136 valence electrons. The third kappa shape index (κ3) is 7.66. The summed E-state index contributed by atoms with van der Waals surface area (Å²) in [6, 6.07) is 7.75. The third-order valence-electron chi connectivity index (χ3n) is 2.96. The Morgan fingerprint density at radius 1 is 1.20 bits per heavy atom. The third-order valence-corrected chi connectivity index (χ3v) is 2.96. The molecule has 0 aliphatic heterocycles. The standard InChI is InChI=1S/C17H19N3O.2C2H6/c1-4-6-16-15(5-2)19-17(20-16)18-14-9-7-13(8-10-14)11-12(3)21;2*1-2/h4-10H,2,11H2,1,3H3,(H2,18,19,20);2*1-2H3/b6-4-;;. The van der Waals surface area contributed by atoms with Crippen LogP contribution in [0.2, 0.25) is 0 Å². The van der Waals surface area contributed by atoms with Crippen LogP contribution in [-0.2, 0) is 11.2 Å². The number of imidazole rings is 1. The van der Waals surface area contributed by atoms with Gasteiger partial charge in [-0.1, -0.05) is 52.5 Å². The second-order valence-electron chi connectivity index (χ2n) is 4.79. The molecule has 4 nitrogen and oxygen atoms in total. The maximum Gasteiger partial charge on any atom is 0.205 e. The van der Waals surface area contributed by atoms with Gasteiger partial charge in [0.1, 0.15) is 5.78 Å². The summed E-state index contributed by atoms with van der Waals surface area (Å²) in [6.07, 6.45) is 6.08. The smallest absolute Gasteiger partial charge is 0.205 e. The van der Waals surface area contributed by atoms with E-state index < -0.39 is 0 Å². The number of ketones is 1. The first-order valence-electron chi connectivity index (χ1n) is 8.83. The van der Waals surface area contributed by atoms with Crippen molar-refractivity contribution in [1.82, 2.24) is 9.97 Å². The van der Waals surface area contributed by atoms with Gasteiger partial charge < -0.3 is 10.3 Å². The first kappa shape index (κ1) is 22.4. The molecule has 0 saturated carbocycles. The molecule has 1 aromatic carbocycles. The van der Waals surface area contributed by atoms with Gasteiger partial charge in [0, 0.05) is 12.1 Å². The van der Waals surface area contributed by atoms with Crippen molar-refractivity contribution in [3.8, 4) is 0 Å². The molecule has 0 aliphatic rings. The molecular weight excluding hydrogens is 310 g/mol. The van der Waals surface area contributed by atoms with Gasteiger partial charge in [0.05, 0.1) is 11.4 Å². The number of nitrogens with zero attached hydrogens (tertiary/aromatic N) is 1. The van der Waals surface area contributed by atoms with E-state index in [1.54, 1.807) is 13.0 Å². The van der Waals surface area contributed by atoms with E-state index in [2.05, 4.69) is 21.9 Å². The van der Waals surface area contributed by atoms with E-state index in [-0.39, 0.29) is 5.78 Å². The van der Waals surface area contributed by atoms with Crippen molar-refractivity contribution in [2.75, 3.05) is 5.32 Å². The number of hydrogen-bond donors (Lipinski definition) is 2. The van der Waals surface area contributed by atoms with E-state index in [0.29, 0.717) is 12.4 Å². The number of benzene rings is 1. The molecule has 1 aromatic heterocycles. The normalized spacial score (nSPS) is 9.52. The van der Waals surface area contributed by atoms with Crippen LogP contribution in [0.1, 0.15) is 58.5 Å². The molecule has 0 saturated heterocycles. The van der Waals surface area contributed by atoms with Gasteiger partial charge in [-0.3, -0.25) is 4.79 Å². The van der Waals surface area contributed by atoms with Crippen molar-refractivity contribution in [3.05, 3.63) is 53.9 Å². The Bertz CT molecular complexity index is 667. The number of H-pyrrole nitrogens is 1. The summed E-state index contributed by atoms with van der Waals surface area (Å²) in [5.74, 6) is 0.825. The molecule has 25 heavy (non-hydrogen) atoms. The molecule has 0 atom stereocenters. The molecule has 2 aromatic rings. The molecule has 4 heteroatoms. The van der Waals surface area contributed by atoms with E-state index in [4.69, 9.17) is 0 Å². The van der Waals surface area contributed by atoms with Crippen LogP contribution in [-0.4, -0.2) is 15.8 Å². The van der Waals surface area contributed by atoms with Crippen LogP contribution >= 0.6 is 0 Å². The molecule has 0 radical (unpaired) electrons. The fraction of sp³-hybridized carbons (Fsp3) is 0.333. The zero-order valence-corrected chi connectivity index (χ0v) is 16.3. The van der Waals surface area contributed by atoms with Crippen LogP contribution in [0.4, 0.5) is 11.6 Å². The number of hydrogen-bond acceptors (Lipinski definition) is 3. The number of rotatable bonds is 6. The summed E-state index contributed by atoms with van der Waals surface area (Å²) in [5.41, 5.74) is 3.65. The van der Waals surface area contributed by atoms with Gasteiger partial charge in [-0.05, 0) is 43.7 Å². The summed E-state index contributed by atoms with van der Waals surface area (Å²) >= 11 is 0. The van der Waals surface area contributed by atoms with Crippen LogP contribution in [0.5, 0.6) is 0 Å². The van der Waals surface area contributed by atoms with Crippen molar-refractivity contribution in [2.45, 2.75) is 48.0 Å². The maximum atomic E-state index is 11.1. The Labute approximate surface area is 152 Å². The number of anilines is 2. The van der Waals surface area contributed by atoms with Crippen LogP contribution in [0, 0.1) is 0 Å². The summed E-state index contributed by atoms with van der Waals surface area (Å²) in [5, 5.41) is 3.20. The monoisotopic (exact) mass is 341 g/mol. The lowest BCUT2D eigenvalue weighted by atomic mass is 10.1. The second kappa shape index (κ2) is 12.8. The minimum atomic E-state index is 0.161. The SMILES string of the molecule is C=Cc1nc(Nc2ccc(CC(C)=O)cc2)[nH]c1/C=C\C.CC.CC. The Hall–Kier alpha value is -2.62. The number of nitrogens with one attached hydrogen (secondary N) is 2. The highest BCUT2D eigenvalue weighted by Gasteiger charge is 2.05. The number of Topliss-reactive ketones (excluding diaryl/α,β-unsaturated/α-hetero) is 1. The highest BCUT2D eigenvalue weighted by Crippen LogP contribution is 2.18. The van der Waals surface area contributed by atoms with Crippen molar-refractivity contribution in [2.24, 2.45) is 0 Å². The van der Waals surface area contributed by atoms with E-state index in [1.165, 1.54) is 0 Å². The molecule has 0 amide bonds. The van der Waals surface area contributed by atoms with E-state index in [1.807, 2.05) is 71.0 Å². The van der Waals surface area contributed by atoms with E-state index >= 15 is 0 Å². The number of allylic oxidation sites excluding steroid dienone is 1. The zero-order valence-electron chi connectivity index (χ0n) is 16.3. The molecular formula is C21H31N3O. The highest BCUT2D eigenvalue weighted by atomic mass is 16.1. The molecule has 0 bridgehead atoms. The summed E-state index contributed by atoms with van der Waals surface area (Å²) in [6.45, 7) is 15.3. The van der Waals surface area contributed by atoms with Crippen LogP contribution in [0.3, 0.4) is 0 Å². The second-order valence-corrected chi connectivity index (χ2v) is 4.79. The molecule has 1 heterocycles. The van der Waals surface area contributed by atoms with E-state index in [0.717, 1.165) is 22.6 Å². The quantitative estimate of drug-likeness (QED) is 0.676. The van der Waals surface area contributed by atoms with Crippen molar-refractivity contribution in [3.63, 3.8) is 0 Å². The highest BCUT2D eigenvalue weighted by molar-refractivity contribution is 5.78. The molecule has 0 aliphatic carbocycles. The lowest BCUT2D eigenvalue weighted by molar-refractivity contribution is -0.116. The largest absolute Gasteiger partial charge is 0.326 e. The Morgan fingerprint density at radius 2 is 1.80 bits per heavy atom. The van der Waals surface area contributed by atoms with Gasteiger partial charge >= 0.3 is 0 Å². The van der Waals surface area contributed by atoms with Gasteiger partial charge in [0.2, 0.25) is 5.95 Å². The molecule has 2 N–H and O–H groups in total. The molecule has 0 fully saturated rings. The Morgan fingerprint density at radius 3 is 2.28 bits per heavy atom. The number of carbonyl (C=O) groups is 1. The lowest BCUT2D eigenvalue weighted by Gasteiger charge is -2.04. The fourth-order valence-corrected chi connectivity index (χ4v) is 2.04. The van der Waals surface area contributed by atoms with Crippen molar-refractivity contribution in [1.29, 1.82) is 0 Å². The van der Waals surface area contributed by atoms with Crippen LogP contribution in [0.15, 0.2) is 36.9 Å². The molecule has 2 rings (SSSR count). The zero-order chi connectivity index (χ0) is 19.2. The van der Waals surface area contributed by atoms with Crippen molar-refractivity contribution < 1.29 is 4.79 Å². The fourth-order valence-electron chi connectivity index (χ4n) is 2.04. The van der Waals surface area contributed by atoms with Gasteiger partial charge in [-0.25, -0.2) is 4.98 Å². The summed E-state index contributed by atoms with van der Waals surface area (Å²) in [4.78, 5) is 18.7. The first-order valence-corrected chi connectivity index (χ1v) is 8.83. The lowest BCUT2D eigenvalue weighted by Crippen LogP contribution is -1.97. The topological polar surface area (TPSA) is 57.8 Å². The average molecular weight is 341 g/mol.